The number of anilines is 1. The fourth-order valence-electron chi connectivity index (χ4n) is 1.96. The van der Waals surface area contributed by atoms with Crippen LogP contribution in [0.3, 0.4) is 0 Å². The van der Waals surface area contributed by atoms with Crippen molar-refractivity contribution in [3.05, 3.63) is 45.2 Å². The molecule has 20 heavy (non-hydrogen) atoms. The quantitative estimate of drug-likeness (QED) is 0.748. The van der Waals surface area contributed by atoms with Gasteiger partial charge in [-0.2, -0.15) is 5.10 Å². The standard InChI is InChI=1S/C14H12BrN3OS/c15-10-5-12(20-8-10)3-4-14(19)17-11-2-1-9-7-16-18-13(9)6-11/h1-2,5-8H,3-4H2,(H,16,18)(H,17,19). The molecule has 2 N–H and O–H groups in total. The van der Waals surface area contributed by atoms with Crippen LogP contribution in [0.15, 0.2) is 40.3 Å². The minimum atomic E-state index is 0.0217. The Bertz CT molecular complexity index is 750. The third kappa shape index (κ3) is 3.08. The predicted octanol–water partition coefficient (Wildman–Crippen LogP) is 3.96. The van der Waals surface area contributed by atoms with Crippen molar-refractivity contribution in [3.8, 4) is 0 Å². The monoisotopic (exact) mass is 349 g/mol. The van der Waals surface area contributed by atoms with E-state index in [0.29, 0.717) is 6.42 Å². The number of thiophene rings is 1. The Morgan fingerprint density at radius 3 is 3.10 bits per heavy atom. The molecule has 3 aromatic rings. The molecular formula is C14H12BrN3OS. The van der Waals surface area contributed by atoms with Gasteiger partial charge in [0.25, 0.3) is 0 Å². The van der Waals surface area contributed by atoms with Gasteiger partial charge in [0, 0.05) is 32.2 Å². The molecule has 102 valence electrons. The first-order chi connectivity index (χ1) is 9.70. The maximum atomic E-state index is 11.9. The summed E-state index contributed by atoms with van der Waals surface area (Å²) in [6, 6.07) is 7.76. The molecule has 0 aliphatic rings. The van der Waals surface area contributed by atoms with Crippen molar-refractivity contribution >= 4 is 49.8 Å². The first-order valence-corrected chi connectivity index (χ1v) is 7.84. The van der Waals surface area contributed by atoms with E-state index in [-0.39, 0.29) is 5.91 Å². The van der Waals surface area contributed by atoms with Crippen molar-refractivity contribution in [1.82, 2.24) is 10.2 Å². The van der Waals surface area contributed by atoms with Crippen LogP contribution in [0.1, 0.15) is 11.3 Å². The number of carbonyl (C=O) groups excluding carboxylic acids is 1. The van der Waals surface area contributed by atoms with Crippen molar-refractivity contribution in [3.63, 3.8) is 0 Å². The zero-order valence-electron chi connectivity index (χ0n) is 10.5. The van der Waals surface area contributed by atoms with Crippen LogP contribution in [0, 0.1) is 0 Å². The highest BCUT2D eigenvalue weighted by molar-refractivity contribution is 9.10. The van der Waals surface area contributed by atoms with Crippen molar-refractivity contribution in [2.45, 2.75) is 12.8 Å². The number of carbonyl (C=O) groups is 1. The Kier molecular flexibility index (Phi) is 3.84. The third-order valence-electron chi connectivity index (χ3n) is 2.95. The predicted molar refractivity (Wildman–Crippen MR) is 85.1 cm³/mol. The topological polar surface area (TPSA) is 57.8 Å². The molecule has 0 saturated carbocycles. The summed E-state index contributed by atoms with van der Waals surface area (Å²) >= 11 is 5.07. The smallest absolute Gasteiger partial charge is 0.224 e. The van der Waals surface area contributed by atoms with Gasteiger partial charge in [-0.05, 0) is 46.6 Å². The highest BCUT2D eigenvalue weighted by Gasteiger charge is 2.06. The average Bonchev–Trinajstić information content (AvgIpc) is 3.04. The van der Waals surface area contributed by atoms with Gasteiger partial charge in [0.05, 0.1) is 11.7 Å². The lowest BCUT2D eigenvalue weighted by Gasteiger charge is -2.04. The molecule has 3 rings (SSSR count). The fourth-order valence-corrected chi connectivity index (χ4v) is 3.42. The van der Waals surface area contributed by atoms with E-state index in [1.807, 2.05) is 23.6 Å². The molecular weight excluding hydrogens is 338 g/mol. The van der Waals surface area contributed by atoms with E-state index in [0.717, 1.165) is 27.5 Å². The summed E-state index contributed by atoms with van der Waals surface area (Å²) in [7, 11) is 0. The van der Waals surface area contributed by atoms with E-state index in [4.69, 9.17) is 0 Å². The lowest BCUT2D eigenvalue weighted by molar-refractivity contribution is -0.116. The summed E-state index contributed by atoms with van der Waals surface area (Å²) in [6.07, 6.45) is 3.00. The van der Waals surface area contributed by atoms with Crippen LogP contribution >= 0.6 is 27.3 Å². The van der Waals surface area contributed by atoms with Crippen LogP contribution in [0.5, 0.6) is 0 Å². The molecule has 0 unspecified atom stereocenters. The molecule has 6 heteroatoms. The molecule has 0 spiro atoms. The molecule has 4 nitrogen and oxygen atoms in total. The zero-order valence-corrected chi connectivity index (χ0v) is 12.9. The number of hydrogen-bond acceptors (Lipinski definition) is 3. The van der Waals surface area contributed by atoms with E-state index in [1.165, 1.54) is 4.88 Å². The van der Waals surface area contributed by atoms with Crippen LogP contribution in [-0.2, 0) is 11.2 Å². The Balaban J connectivity index is 1.60. The second kappa shape index (κ2) is 5.76. The molecule has 0 fully saturated rings. The zero-order chi connectivity index (χ0) is 13.9. The highest BCUT2D eigenvalue weighted by Crippen LogP contribution is 2.21. The Morgan fingerprint density at radius 2 is 2.30 bits per heavy atom. The Labute approximate surface area is 128 Å². The largest absolute Gasteiger partial charge is 0.326 e. The number of nitrogens with zero attached hydrogens (tertiary/aromatic N) is 1. The molecule has 0 atom stereocenters. The minimum absolute atomic E-state index is 0.0217. The molecule has 2 heterocycles. The molecule has 0 radical (unpaired) electrons. The minimum Gasteiger partial charge on any atom is -0.326 e. The van der Waals surface area contributed by atoms with E-state index in [9.17, 15) is 4.79 Å². The molecule has 2 aromatic heterocycles. The number of aromatic amines is 1. The number of fused-ring (bicyclic) bond motifs is 1. The van der Waals surface area contributed by atoms with Gasteiger partial charge in [0.1, 0.15) is 0 Å². The van der Waals surface area contributed by atoms with Crippen molar-refractivity contribution in [2.24, 2.45) is 0 Å². The number of hydrogen-bond donors (Lipinski definition) is 2. The normalized spacial score (nSPS) is 10.8. The second-order valence-corrected chi connectivity index (χ2v) is 6.36. The molecule has 0 saturated heterocycles. The van der Waals surface area contributed by atoms with E-state index in [1.54, 1.807) is 17.5 Å². The number of amides is 1. The second-order valence-electron chi connectivity index (χ2n) is 4.45. The SMILES string of the molecule is O=C(CCc1cc(Br)cs1)Nc1ccc2cn[nH]c2c1. The van der Waals surface area contributed by atoms with E-state index < -0.39 is 0 Å². The number of benzene rings is 1. The lowest BCUT2D eigenvalue weighted by atomic mass is 10.2. The summed E-state index contributed by atoms with van der Waals surface area (Å²) in [6.45, 7) is 0. The highest BCUT2D eigenvalue weighted by atomic mass is 79.9. The Hall–Kier alpha value is -1.66. The number of aromatic nitrogens is 2. The van der Waals surface area contributed by atoms with Crippen LogP contribution in [-0.4, -0.2) is 16.1 Å². The number of aryl methyl sites for hydroxylation is 1. The first kappa shape index (κ1) is 13.3. The third-order valence-corrected chi connectivity index (χ3v) is 4.70. The van der Waals surface area contributed by atoms with Gasteiger partial charge >= 0.3 is 0 Å². The van der Waals surface area contributed by atoms with Crippen LogP contribution < -0.4 is 5.32 Å². The van der Waals surface area contributed by atoms with Gasteiger partial charge in [-0.25, -0.2) is 0 Å². The summed E-state index contributed by atoms with van der Waals surface area (Å²) in [5.41, 5.74) is 1.71. The number of nitrogens with one attached hydrogen (secondary N) is 2. The number of H-pyrrole nitrogens is 1. The van der Waals surface area contributed by atoms with Gasteiger partial charge in [-0.1, -0.05) is 0 Å². The van der Waals surface area contributed by atoms with E-state index in [2.05, 4.69) is 37.5 Å². The van der Waals surface area contributed by atoms with Gasteiger partial charge in [-0.3, -0.25) is 9.89 Å². The molecule has 0 aliphatic heterocycles. The van der Waals surface area contributed by atoms with Gasteiger partial charge in [0.2, 0.25) is 5.91 Å². The Morgan fingerprint density at radius 1 is 1.40 bits per heavy atom. The summed E-state index contributed by atoms with van der Waals surface area (Å²) in [5, 5.41) is 12.8. The van der Waals surface area contributed by atoms with E-state index >= 15 is 0 Å². The summed E-state index contributed by atoms with van der Waals surface area (Å²) in [5.74, 6) is 0.0217. The molecule has 1 aromatic carbocycles. The van der Waals surface area contributed by atoms with Crippen LogP contribution in [0.4, 0.5) is 5.69 Å². The van der Waals surface area contributed by atoms with Crippen molar-refractivity contribution in [1.29, 1.82) is 0 Å². The molecule has 1 amide bonds. The lowest BCUT2D eigenvalue weighted by Crippen LogP contribution is -2.11. The van der Waals surface area contributed by atoms with Crippen LogP contribution in [0.2, 0.25) is 0 Å². The molecule has 0 bridgehead atoms. The number of rotatable bonds is 4. The average molecular weight is 350 g/mol. The number of halogens is 1. The van der Waals surface area contributed by atoms with Gasteiger partial charge in [0.15, 0.2) is 0 Å². The van der Waals surface area contributed by atoms with Gasteiger partial charge < -0.3 is 5.32 Å². The summed E-state index contributed by atoms with van der Waals surface area (Å²) < 4.78 is 1.07. The maximum absolute atomic E-state index is 11.9. The van der Waals surface area contributed by atoms with Crippen LogP contribution in [0.25, 0.3) is 10.9 Å². The first-order valence-electron chi connectivity index (χ1n) is 6.16. The fraction of sp³-hybridized carbons (Fsp3) is 0.143. The van der Waals surface area contributed by atoms with Crippen molar-refractivity contribution < 1.29 is 4.79 Å². The van der Waals surface area contributed by atoms with Gasteiger partial charge in [-0.15, -0.1) is 11.3 Å². The molecule has 0 aliphatic carbocycles. The maximum Gasteiger partial charge on any atom is 0.224 e. The van der Waals surface area contributed by atoms with Crippen molar-refractivity contribution in [2.75, 3.05) is 5.32 Å². The summed E-state index contributed by atoms with van der Waals surface area (Å²) in [4.78, 5) is 13.1.